The highest BCUT2D eigenvalue weighted by molar-refractivity contribution is 5.71. The first-order chi connectivity index (χ1) is 10.5. The summed E-state index contributed by atoms with van der Waals surface area (Å²) in [5.41, 5.74) is 6.03. The predicted molar refractivity (Wildman–Crippen MR) is 85.3 cm³/mol. The zero-order chi connectivity index (χ0) is 16.0. The molecule has 0 spiro atoms. The number of aromatic nitrogens is 4. The Balaban J connectivity index is 2.45. The van der Waals surface area contributed by atoms with Gasteiger partial charge in [0.05, 0.1) is 0 Å². The van der Waals surface area contributed by atoms with Gasteiger partial charge in [-0.1, -0.05) is 0 Å². The van der Waals surface area contributed by atoms with Crippen LogP contribution in [0.1, 0.15) is 51.4 Å². The summed E-state index contributed by atoms with van der Waals surface area (Å²) in [5.74, 6) is 1.36. The summed E-state index contributed by atoms with van der Waals surface area (Å²) in [5, 5.41) is 0. The molecule has 0 saturated heterocycles. The third-order valence-electron chi connectivity index (χ3n) is 4.22. The lowest BCUT2D eigenvalue weighted by Crippen LogP contribution is -2.42. The molecule has 1 aliphatic rings. The molecule has 2 aromatic rings. The molecule has 22 heavy (non-hydrogen) atoms. The van der Waals surface area contributed by atoms with E-state index in [0.29, 0.717) is 23.6 Å². The van der Waals surface area contributed by atoms with Crippen molar-refractivity contribution in [2.45, 2.75) is 58.7 Å². The van der Waals surface area contributed by atoms with E-state index in [1.54, 1.807) is 4.57 Å². The van der Waals surface area contributed by atoms with Crippen LogP contribution in [0.3, 0.4) is 0 Å². The minimum absolute atomic E-state index is 0.0631. The van der Waals surface area contributed by atoms with E-state index >= 15 is 0 Å². The zero-order valence-electron chi connectivity index (χ0n) is 13.4. The first-order valence-electron chi connectivity index (χ1n) is 7.96. The number of aryl methyl sites for hydroxylation is 1. The quantitative estimate of drug-likeness (QED) is 0.885. The van der Waals surface area contributed by atoms with Crippen molar-refractivity contribution in [3.63, 3.8) is 0 Å². The van der Waals surface area contributed by atoms with Gasteiger partial charge in [0.25, 0.3) is 5.56 Å². The first kappa shape index (κ1) is 15.0. The van der Waals surface area contributed by atoms with Gasteiger partial charge in [0.15, 0.2) is 11.2 Å². The van der Waals surface area contributed by atoms with Crippen LogP contribution in [0.25, 0.3) is 11.2 Å². The van der Waals surface area contributed by atoms with Crippen molar-refractivity contribution in [2.75, 3.05) is 6.54 Å². The molecule has 2 heterocycles. The second kappa shape index (κ2) is 5.39. The maximum atomic E-state index is 12.8. The molecule has 7 nitrogen and oxygen atoms in total. The van der Waals surface area contributed by atoms with Gasteiger partial charge < -0.3 is 10.3 Å². The number of fused-ring (bicyclic) bond motifs is 1. The lowest BCUT2D eigenvalue weighted by molar-refractivity contribution is 0.525. The van der Waals surface area contributed by atoms with Crippen LogP contribution >= 0.6 is 0 Å². The Hall–Kier alpha value is -1.89. The lowest BCUT2D eigenvalue weighted by atomic mass is 10.3. The molecule has 7 heteroatoms. The predicted octanol–water partition coefficient (Wildman–Crippen LogP) is 0.797. The normalized spacial score (nSPS) is 15.1. The van der Waals surface area contributed by atoms with Gasteiger partial charge >= 0.3 is 5.69 Å². The van der Waals surface area contributed by atoms with Gasteiger partial charge in [-0.15, -0.1) is 0 Å². The SMILES string of the molecule is CCn1c(C2CC2)nc2c1c(=O)n(CCN)c(=O)n2C(C)C. The minimum Gasteiger partial charge on any atom is -0.329 e. The summed E-state index contributed by atoms with van der Waals surface area (Å²) in [6.45, 7) is 7.03. The first-order valence-corrected chi connectivity index (χ1v) is 7.96. The Labute approximate surface area is 128 Å². The highest BCUT2D eigenvalue weighted by Crippen LogP contribution is 2.40. The number of rotatable bonds is 5. The fraction of sp³-hybridized carbons (Fsp3) is 0.667. The summed E-state index contributed by atoms with van der Waals surface area (Å²) in [7, 11) is 0. The molecular formula is C15H23N5O2. The summed E-state index contributed by atoms with van der Waals surface area (Å²) in [6.07, 6.45) is 2.21. The average Bonchev–Trinajstić information content (AvgIpc) is 3.24. The van der Waals surface area contributed by atoms with E-state index in [0.717, 1.165) is 18.7 Å². The largest absolute Gasteiger partial charge is 0.333 e. The standard InChI is InChI=1S/C15H23N5O2/c1-4-18-11-13(17-12(18)10-5-6-10)20(9(2)3)15(22)19(8-7-16)14(11)21/h9-10H,4-8,16H2,1-3H3. The summed E-state index contributed by atoms with van der Waals surface area (Å²) >= 11 is 0. The van der Waals surface area contributed by atoms with Crippen molar-refractivity contribution in [3.05, 3.63) is 26.7 Å². The Morgan fingerprint density at radius 1 is 1.27 bits per heavy atom. The fourth-order valence-electron chi connectivity index (χ4n) is 3.04. The molecule has 3 rings (SSSR count). The Morgan fingerprint density at radius 3 is 2.45 bits per heavy atom. The van der Waals surface area contributed by atoms with Crippen LogP contribution in [0.2, 0.25) is 0 Å². The molecular weight excluding hydrogens is 282 g/mol. The molecule has 2 N–H and O–H groups in total. The number of hydrogen-bond acceptors (Lipinski definition) is 4. The number of nitrogens with zero attached hydrogens (tertiary/aromatic N) is 4. The highest BCUT2D eigenvalue weighted by Gasteiger charge is 2.31. The van der Waals surface area contributed by atoms with Crippen molar-refractivity contribution in [3.8, 4) is 0 Å². The zero-order valence-corrected chi connectivity index (χ0v) is 13.4. The van der Waals surface area contributed by atoms with Crippen LogP contribution < -0.4 is 17.0 Å². The number of imidazole rings is 1. The minimum atomic E-state index is -0.318. The molecule has 120 valence electrons. The molecule has 0 aliphatic heterocycles. The van der Waals surface area contributed by atoms with Crippen molar-refractivity contribution >= 4 is 11.2 Å². The van der Waals surface area contributed by atoms with Crippen LogP contribution in [0.15, 0.2) is 9.59 Å². The molecule has 0 bridgehead atoms. The molecule has 2 aromatic heterocycles. The summed E-state index contributed by atoms with van der Waals surface area (Å²) in [4.78, 5) is 30.1. The highest BCUT2D eigenvalue weighted by atomic mass is 16.2. The third kappa shape index (κ3) is 2.11. The maximum Gasteiger partial charge on any atom is 0.333 e. The second-order valence-electron chi connectivity index (χ2n) is 6.15. The van der Waals surface area contributed by atoms with E-state index < -0.39 is 0 Å². The molecule has 0 amide bonds. The van der Waals surface area contributed by atoms with Crippen LogP contribution in [0, 0.1) is 0 Å². The van der Waals surface area contributed by atoms with Crippen molar-refractivity contribution in [2.24, 2.45) is 5.73 Å². The van der Waals surface area contributed by atoms with Crippen LogP contribution in [0.5, 0.6) is 0 Å². The van der Waals surface area contributed by atoms with Gasteiger partial charge in [0, 0.05) is 31.6 Å². The van der Waals surface area contributed by atoms with Gasteiger partial charge in [-0.3, -0.25) is 13.9 Å². The molecule has 1 saturated carbocycles. The topological polar surface area (TPSA) is 87.8 Å². The van der Waals surface area contributed by atoms with Crippen LogP contribution in [0.4, 0.5) is 0 Å². The summed E-state index contributed by atoms with van der Waals surface area (Å²) in [6, 6.07) is -0.0631. The van der Waals surface area contributed by atoms with Crippen molar-refractivity contribution in [1.82, 2.24) is 18.7 Å². The Bertz CT molecular complexity index is 823. The Morgan fingerprint density at radius 2 is 1.95 bits per heavy atom. The van der Waals surface area contributed by atoms with Gasteiger partial charge in [-0.25, -0.2) is 9.78 Å². The second-order valence-corrected chi connectivity index (χ2v) is 6.15. The smallest absolute Gasteiger partial charge is 0.329 e. The van der Waals surface area contributed by atoms with Crippen LogP contribution in [-0.2, 0) is 13.1 Å². The maximum absolute atomic E-state index is 12.8. The van der Waals surface area contributed by atoms with E-state index in [1.807, 2.05) is 25.3 Å². The van der Waals surface area contributed by atoms with E-state index in [1.165, 1.54) is 4.57 Å². The van der Waals surface area contributed by atoms with E-state index in [-0.39, 0.29) is 30.4 Å². The molecule has 0 unspecified atom stereocenters. The monoisotopic (exact) mass is 305 g/mol. The van der Waals surface area contributed by atoms with E-state index in [9.17, 15) is 9.59 Å². The van der Waals surface area contributed by atoms with Crippen LogP contribution in [-0.4, -0.2) is 25.2 Å². The fourth-order valence-corrected chi connectivity index (χ4v) is 3.04. The van der Waals surface area contributed by atoms with Gasteiger partial charge in [-0.05, 0) is 33.6 Å². The third-order valence-corrected chi connectivity index (χ3v) is 4.22. The van der Waals surface area contributed by atoms with Gasteiger partial charge in [0.2, 0.25) is 0 Å². The lowest BCUT2D eigenvalue weighted by Gasteiger charge is -2.14. The van der Waals surface area contributed by atoms with Crippen molar-refractivity contribution in [1.29, 1.82) is 0 Å². The molecule has 0 atom stereocenters. The average molecular weight is 305 g/mol. The molecule has 0 aromatic carbocycles. The van der Waals surface area contributed by atoms with E-state index in [4.69, 9.17) is 5.73 Å². The van der Waals surface area contributed by atoms with Crippen molar-refractivity contribution < 1.29 is 0 Å². The Kier molecular flexibility index (Phi) is 3.68. The van der Waals surface area contributed by atoms with E-state index in [2.05, 4.69) is 4.98 Å². The number of hydrogen-bond donors (Lipinski definition) is 1. The number of nitrogens with two attached hydrogens (primary N) is 1. The molecule has 0 radical (unpaired) electrons. The molecule has 1 aliphatic carbocycles. The molecule has 1 fully saturated rings. The summed E-state index contributed by atoms with van der Waals surface area (Å²) < 4.78 is 4.83. The van der Waals surface area contributed by atoms with Gasteiger partial charge in [0.1, 0.15) is 5.82 Å². The van der Waals surface area contributed by atoms with Gasteiger partial charge in [-0.2, -0.15) is 0 Å².